The minimum absolute atomic E-state index is 0.0949. The number of hydrogen-bond acceptors (Lipinski definition) is 4. The zero-order valence-corrected chi connectivity index (χ0v) is 11.0. The van der Waals surface area contributed by atoms with Crippen molar-refractivity contribution in [3.05, 3.63) is 0 Å². The van der Waals surface area contributed by atoms with Crippen LogP contribution in [0.15, 0.2) is 0 Å². The predicted molar refractivity (Wildman–Crippen MR) is 66.1 cm³/mol. The largest absolute Gasteiger partial charge is 0.381 e. The Morgan fingerprint density at radius 2 is 1.82 bits per heavy atom. The lowest BCUT2D eigenvalue weighted by Gasteiger charge is -2.28. The summed E-state index contributed by atoms with van der Waals surface area (Å²) in [5.74, 6) is 0.388. The number of nitrogens with zero attached hydrogens (tertiary/aromatic N) is 1. The molecule has 2 heterocycles. The smallest absolute Gasteiger partial charge is 0.215 e. The van der Waals surface area contributed by atoms with E-state index in [1.807, 2.05) is 0 Å². The van der Waals surface area contributed by atoms with Gasteiger partial charge in [0.25, 0.3) is 0 Å². The Morgan fingerprint density at radius 3 is 2.41 bits per heavy atom. The summed E-state index contributed by atoms with van der Waals surface area (Å²) >= 11 is 0. The van der Waals surface area contributed by atoms with Gasteiger partial charge in [0, 0.05) is 32.3 Å². The van der Waals surface area contributed by atoms with E-state index in [4.69, 9.17) is 10.5 Å². The molecule has 0 bridgehead atoms. The van der Waals surface area contributed by atoms with E-state index in [1.165, 1.54) is 0 Å². The summed E-state index contributed by atoms with van der Waals surface area (Å²) in [6, 6.07) is -0.246. The lowest BCUT2D eigenvalue weighted by atomic mass is 9.94. The molecule has 0 aromatic rings. The van der Waals surface area contributed by atoms with Gasteiger partial charge in [-0.25, -0.2) is 12.7 Å². The fourth-order valence-electron chi connectivity index (χ4n) is 2.59. The molecule has 1 unspecified atom stereocenters. The molecule has 17 heavy (non-hydrogen) atoms. The van der Waals surface area contributed by atoms with E-state index in [0.29, 0.717) is 32.2 Å². The van der Waals surface area contributed by atoms with Crippen LogP contribution in [0.4, 0.5) is 0 Å². The van der Waals surface area contributed by atoms with Crippen molar-refractivity contribution in [2.24, 2.45) is 11.7 Å². The van der Waals surface area contributed by atoms with Crippen molar-refractivity contribution >= 4 is 10.0 Å². The molecular formula is C11H22N2O3S. The minimum atomic E-state index is -3.14. The van der Waals surface area contributed by atoms with Gasteiger partial charge in [-0.2, -0.15) is 0 Å². The lowest BCUT2D eigenvalue weighted by Crippen LogP contribution is -2.43. The third-order valence-electron chi connectivity index (χ3n) is 3.73. The lowest BCUT2D eigenvalue weighted by molar-refractivity contribution is 0.0605. The molecule has 2 saturated heterocycles. The van der Waals surface area contributed by atoms with Gasteiger partial charge in [0.05, 0.1) is 5.75 Å². The highest BCUT2D eigenvalue weighted by atomic mass is 32.2. The van der Waals surface area contributed by atoms with E-state index in [2.05, 4.69) is 0 Å². The molecular weight excluding hydrogens is 240 g/mol. The van der Waals surface area contributed by atoms with Gasteiger partial charge in [0.2, 0.25) is 10.0 Å². The molecule has 0 saturated carbocycles. The summed E-state index contributed by atoms with van der Waals surface area (Å²) in [6.45, 7) is 2.76. The van der Waals surface area contributed by atoms with Crippen molar-refractivity contribution in [2.75, 3.05) is 32.1 Å². The molecule has 5 nitrogen and oxygen atoms in total. The molecule has 0 aliphatic carbocycles. The second kappa shape index (κ2) is 5.65. The quantitative estimate of drug-likeness (QED) is 0.783. The second-order valence-corrected chi connectivity index (χ2v) is 7.01. The molecule has 2 aliphatic rings. The summed E-state index contributed by atoms with van der Waals surface area (Å²) in [4.78, 5) is 0. The van der Waals surface area contributed by atoms with Crippen LogP contribution in [0.25, 0.3) is 0 Å². The monoisotopic (exact) mass is 262 g/mol. The highest BCUT2D eigenvalue weighted by Crippen LogP contribution is 2.21. The van der Waals surface area contributed by atoms with Gasteiger partial charge in [-0.1, -0.05) is 0 Å². The topological polar surface area (TPSA) is 72.6 Å². The van der Waals surface area contributed by atoms with Gasteiger partial charge in [-0.05, 0) is 31.6 Å². The van der Waals surface area contributed by atoms with Gasteiger partial charge >= 0.3 is 0 Å². The Bertz CT molecular complexity index is 333. The van der Waals surface area contributed by atoms with Crippen LogP contribution < -0.4 is 5.73 Å². The minimum Gasteiger partial charge on any atom is -0.381 e. The SMILES string of the molecule is NC(CS(=O)(=O)N1CCCC1)C1CCOCC1. The van der Waals surface area contributed by atoms with Gasteiger partial charge < -0.3 is 10.5 Å². The highest BCUT2D eigenvalue weighted by Gasteiger charge is 2.30. The van der Waals surface area contributed by atoms with Gasteiger partial charge in [0.1, 0.15) is 0 Å². The molecule has 1 atom stereocenters. The Hall–Kier alpha value is -0.170. The fraction of sp³-hybridized carbons (Fsp3) is 1.00. The molecule has 0 aromatic heterocycles. The van der Waals surface area contributed by atoms with Gasteiger partial charge in [-0.3, -0.25) is 0 Å². The normalized spacial score (nSPS) is 26.2. The van der Waals surface area contributed by atoms with E-state index in [1.54, 1.807) is 4.31 Å². The Kier molecular flexibility index (Phi) is 4.41. The summed E-state index contributed by atoms with van der Waals surface area (Å²) in [7, 11) is -3.14. The van der Waals surface area contributed by atoms with Crippen molar-refractivity contribution in [1.82, 2.24) is 4.31 Å². The van der Waals surface area contributed by atoms with Crippen LogP contribution in [-0.4, -0.2) is 50.8 Å². The average Bonchev–Trinajstić information content (AvgIpc) is 2.84. The predicted octanol–water partition coefficient (Wildman–Crippen LogP) is 0.166. The maximum atomic E-state index is 12.1. The number of sulfonamides is 1. The molecule has 2 aliphatic heterocycles. The van der Waals surface area contributed by atoms with E-state index < -0.39 is 10.0 Å². The molecule has 0 aromatic carbocycles. The third-order valence-corrected chi connectivity index (χ3v) is 5.69. The van der Waals surface area contributed by atoms with Gasteiger partial charge in [-0.15, -0.1) is 0 Å². The zero-order chi connectivity index (χ0) is 12.3. The third kappa shape index (κ3) is 3.40. The number of rotatable bonds is 4. The highest BCUT2D eigenvalue weighted by molar-refractivity contribution is 7.89. The average molecular weight is 262 g/mol. The van der Waals surface area contributed by atoms with Crippen LogP contribution in [0.3, 0.4) is 0 Å². The first-order valence-electron chi connectivity index (χ1n) is 6.41. The first-order chi connectivity index (χ1) is 8.09. The fourth-order valence-corrected chi connectivity index (χ4v) is 4.38. The summed E-state index contributed by atoms with van der Waals surface area (Å²) in [5, 5.41) is 0. The van der Waals surface area contributed by atoms with E-state index in [-0.39, 0.29) is 11.8 Å². The molecule has 2 N–H and O–H groups in total. The number of nitrogens with two attached hydrogens (primary N) is 1. The number of hydrogen-bond donors (Lipinski definition) is 1. The Balaban J connectivity index is 1.90. The van der Waals surface area contributed by atoms with Crippen LogP contribution in [-0.2, 0) is 14.8 Å². The van der Waals surface area contributed by atoms with E-state index >= 15 is 0 Å². The molecule has 0 spiro atoms. The molecule has 6 heteroatoms. The summed E-state index contributed by atoms with van der Waals surface area (Å²) in [6.07, 6.45) is 3.73. The second-order valence-electron chi connectivity index (χ2n) is 5.00. The summed E-state index contributed by atoms with van der Waals surface area (Å²) < 4.78 is 31.1. The molecule has 100 valence electrons. The molecule has 2 fully saturated rings. The zero-order valence-electron chi connectivity index (χ0n) is 10.2. The van der Waals surface area contributed by atoms with Crippen LogP contribution in [0.1, 0.15) is 25.7 Å². The maximum absolute atomic E-state index is 12.1. The van der Waals surface area contributed by atoms with Crippen molar-refractivity contribution in [3.63, 3.8) is 0 Å². The molecule has 0 radical (unpaired) electrons. The number of ether oxygens (including phenoxy) is 1. The van der Waals surface area contributed by atoms with E-state index in [0.717, 1.165) is 25.7 Å². The standard InChI is InChI=1S/C11H22N2O3S/c12-11(10-3-7-16-8-4-10)9-17(14,15)13-5-1-2-6-13/h10-11H,1-9,12H2. The van der Waals surface area contributed by atoms with Crippen molar-refractivity contribution < 1.29 is 13.2 Å². The summed E-state index contributed by atoms with van der Waals surface area (Å²) in [5.41, 5.74) is 6.04. The van der Waals surface area contributed by atoms with Crippen LogP contribution in [0.5, 0.6) is 0 Å². The first kappa shape index (κ1) is 13.3. The van der Waals surface area contributed by atoms with Crippen molar-refractivity contribution in [2.45, 2.75) is 31.7 Å². The van der Waals surface area contributed by atoms with Crippen LogP contribution in [0.2, 0.25) is 0 Å². The van der Waals surface area contributed by atoms with Crippen molar-refractivity contribution in [3.8, 4) is 0 Å². The molecule has 0 amide bonds. The van der Waals surface area contributed by atoms with E-state index in [9.17, 15) is 8.42 Å². The first-order valence-corrected chi connectivity index (χ1v) is 8.01. The van der Waals surface area contributed by atoms with Gasteiger partial charge in [0.15, 0.2) is 0 Å². The Morgan fingerprint density at radius 1 is 1.24 bits per heavy atom. The van der Waals surface area contributed by atoms with Crippen LogP contribution in [0, 0.1) is 5.92 Å². The van der Waals surface area contributed by atoms with Crippen LogP contribution >= 0.6 is 0 Å². The maximum Gasteiger partial charge on any atom is 0.215 e. The van der Waals surface area contributed by atoms with Crippen molar-refractivity contribution in [1.29, 1.82) is 0 Å². The Labute approximate surface area is 103 Å². The molecule has 2 rings (SSSR count).